The lowest BCUT2D eigenvalue weighted by atomic mass is 9.67. The Morgan fingerprint density at radius 2 is 1.78 bits per heavy atom. The third-order valence-electron chi connectivity index (χ3n) is 6.32. The fourth-order valence-electron chi connectivity index (χ4n) is 4.53. The monoisotopic (exact) mass is 370 g/mol. The highest BCUT2D eigenvalue weighted by Gasteiger charge is 2.59. The van der Waals surface area contributed by atoms with Gasteiger partial charge in [0.15, 0.2) is 0 Å². The van der Waals surface area contributed by atoms with E-state index in [9.17, 15) is 14.4 Å². The Morgan fingerprint density at radius 3 is 2.33 bits per heavy atom. The molecule has 2 saturated heterocycles. The maximum atomic E-state index is 13.1. The minimum atomic E-state index is -0.720. The van der Waals surface area contributed by atoms with Crippen LogP contribution in [0.4, 0.5) is 0 Å². The van der Waals surface area contributed by atoms with Crippen LogP contribution in [0.5, 0.6) is 0 Å². The summed E-state index contributed by atoms with van der Waals surface area (Å²) in [7, 11) is 1.59. The number of aryl methyl sites for hydroxylation is 2. The van der Waals surface area contributed by atoms with Gasteiger partial charge in [-0.25, -0.2) is 0 Å². The van der Waals surface area contributed by atoms with E-state index in [1.807, 2.05) is 50.8 Å². The molecule has 0 aromatic heterocycles. The van der Waals surface area contributed by atoms with Crippen LogP contribution in [0.2, 0.25) is 0 Å². The molecule has 3 amide bonds. The molecule has 1 atom stereocenters. The molecule has 0 radical (unpaired) electrons. The number of piperidine rings is 1. The highest BCUT2D eigenvalue weighted by molar-refractivity contribution is 6.10. The molecule has 1 aromatic carbocycles. The van der Waals surface area contributed by atoms with E-state index in [2.05, 4.69) is 0 Å². The van der Waals surface area contributed by atoms with Gasteiger partial charge >= 0.3 is 0 Å². The summed E-state index contributed by atoms with van der Waals surface area (Å²) in [5, 5.41) is 0. The van der Waals surface area contributed by atoms with E-state index in [4.69, 9.17) is 0 Å². The summed E-state index contributed by atoms with van der Waals surface area (Å²) < 4.78 is 0. The zero-order valence-electron chi connectivity index (χ0n) is 17.0. The van der Waals surface area contributed by atoms with Crippen LogP contribution >= 0.6 is 0 Å². The van der Waals surface area contributed by atoms with E-state index in [1.54, 1.807) is 7.05 Å². The predicted octanol–water partition coefficient (Wildman–Crippen LogP) is 3.04. The summed E-state index contributed by atoms with van der Waals surface area (Å²) in [6, 6.07) is 6.05. The number of rotatable bonds is 3. The van der Waals surface area contributed by atoms with Crippen molar-refractivity contribution in [3.63, 3.8) is 0 Å². The van der Waals surface area contributed by atoms with Gasteiger partial charge in [-0.05, 0) is 49.3 Å². The van der Waals surface area contributed by atoms with Crippen molar-refractivity contribution in [3.8, 4) is 0 Å². The lowest BCUT2D eigenvalue weighted by Gasteiger charge is -2.40. The van der Waals surface area contributed by atoms with Gasteiger partial charge in [0.1, 0.15) is 0 Å². The fraction of sp³-hybridized carbons (Fsp3) is 0.591. The van der Waals surface area contributed by atoms with Gasteiger partial charge < -0.3 is 4.90 Å². The quantitative estimate of drug-likeness (QED) is 0.769. The Bertz CT molecular complexity index is 776. The molecule has 1 unspecified atom stereocenters. The summed E-state index contributed by atoms with van der Waals surface area (Å²) in [6.07, 6.45) is 1.62. The molecule has 2 heterocycles. The average Bonchev–Trinajstić information content (AvgIpc) is 2.79. The number of hydrogen-bond donors (Lipinski definition) is 0. The van der Waals surface area contributed by atoms with Crippen molar-refractivity contribution < 1.29 is 14.4 Å². The molecular weight excluding hydrogens is 340 g/mol. The summed E-state index contributed by atoms with van der Waals surface area (Å²) in [5.41, 5.74) is 2.50. The first kappa shape index (κ1) is 19.6. The topological polar surface area (TPSA) is 57.7 Å². The van der Waals surface area contributed by atoms with Gasteiger partial charge in [0.25, 0.3) is 0 Å². The predicted molar refractivity (Wildman–Crippen MR) is 104 cm³/mol. The van der Waals surface area contributed by atoms with E-state index in [0.29, 0.717) is 38.3 Å². The van der Waals surface area contributed by atoms with Crippen LogP contribution < -0.4 is 0 Å². The maximum Gasteiger partial charge on any atom is 0.237 e. The van der Waals surface area contributed by atoms with E-state index in [1.165, 1.54) is 10.5 Å². The average molecular weight is 370 g/mol. The molecular formula is C22H30N2O3. The Morgan fingerprint density at radius 1 is 1.15 bits per heavy atom. The number of nitrogens with zero attached hydrogens (tertiary/aromatic N) is 2. The van der Waals surface area contributed by atoms with Crippen LogP contribution in [0, 0.1) is 25.2 Å². The first-order chi connectivity index (χ1) is 12.7. The summed E-state index contributed by atoms with van der Waals surface area (Å²) in [5.74, 6) is -0.196. The van der Waals surface area contributed by atoms with Crippen LogP contribution in [-0.2, 0) is 14.4 Å². The van der Waals surface area contributed by atoms with Crippen LogP contribution in [0.15, 0.2) is 18.2 Å². The van der Waals surface area contributed by atoms with Crippen molar-refractivity contribution in [2.75, 3.05) is 20.1 Å². The molecule has 5 nitrogen and oxygen atoms in total. The molecule has 2 aliphatic rings. The Balaban J connectivity index is 1.90. The number of imide groups is 1. The molecule has 0 bridgehead atoms. The van der Waals surface area contributed by atoms with Crippen molar-refractivity contribution in [1.82, 2.24) is 9.80 Å². The lowest BCUT2D eigenvalue weighted by molar-refractivity contribution is -0.144. The normalized spacial score (nSPS) is 22.2. The molecule has 1 spiro atoms. The maximum absolute atomic E-state index is 13.1. The second-order valence-corrected chi connectivity index (χ2v) is 8.61. The minimum Gasteiger partial charge on any atom is -0.343 e. The van der Waals surface area contributed by atoms with Gasteiger partial charge in [-0.1, -0.05) is 32.0 Å². The van der Waals surface area contributed by atoms with Crippen molar-refractivity contribution in [3.05, 3.63) is 34.9 Å². The second kappa shape index (κ2) is 7.10. The zero-order chi connectivity index (χ0) is 19.9. The van der Waals surface area contributed by atoms with Crippen molar-refractivity contribution >= 4 is 17.7 Å². The third kappa shape index (κ3) is 3.28. The largest absolute Gasteiger partial charge is 0.343 e. The number of amides is 3. The summed E-state index contributed by atoms with van der Waals surface area (Å²) in [4.78, 5) is 41.6. The van der Waals surface area contributed by atoms with Crippen LogP contribution in [0.25, 0.3) is 0 Å². The minimum absolute atomic E-state index is 0.0910. The van der Waals surface area contributed by atoms with Gasteiger partial charge in [0, 0.05) is 26.6 Å². The number of carbonyl (C=O) groups is 3. The highest BCUT2D eigenvalue weighted by Crippen LogP contribution is 2.51. The molecule has 1 aromatic rings. The molecule has 146 valence electrons. The molecule has 0 N–H and O–H groups in total. The third-order valence-corrected chi connectivity index (χ3v) is 6.32. The SMILES string of the molecule is Cc1ccc(C2C(=O)N(C)C(=O)C23CCN(C(=O)CC(C)C)CC3)cc1C. The molecule has 2 fully saturated rings. The number of likely N-dealkylation sites (N-methyl/N-ethyl adjacent to an activating group) is 1. The van der Waals surface area contributed by atoms with Crippen LogP contribution in [-0.4, -0.2) is 47.7 Å². The Labute approximate surface area is 161 Å². The van der Waals surface area contributed by atoms with Gasteiger partial charge in [0.05, 0.1) is 11.3 Å². The van der Waals surface area contributed by atoms with Gasteiger partial charge in [-0.3, -0.25) is 19.3 Å². The fourth-order valence-corrected chi connectivity index (χ4v) is 4.53. The zero-order valence-corrected chi connectivity index (χ0v) is 17.0. The first-order valence-electron chi connectivity index (χ1n) is 9.84. The standard InChI is InChI=1S/C22H30N2O3/c1-14(2)12-18(25)24-10-8-22(9-11-24)19(20(26)23(5)21(22)27)17-7-6-15(3)16(4)13-17/h6-7,13-14,19H,8-12H2,1-5H3. The molecule has 2 aliphatic heterocycles. The highest BCUT2D eigenvalue weighted by atomic mass is 16.2. The Hall–Kier alpha value is -2.17. The number of likely N-dealkylation sites (tertiary alicyclic amines) is 2. The molecule has 0 saturated carbocycles. The molecule has 0 aliphatic carbocycles. The summed E-state index contributed by atoms with van der Waals surface area (Å²) >= 11 is 0. The van der Waals surface area contributed by atoms with E-state index >= 15 is 0 Å². The van der Waals surface area contributed by atoms with E-state index < -0.39 is 11.3 Å². The van der Waals surface area contributed by atoms with E-state index in [-0.39, 0.29) is 17.7 Å². The van der Waals surface area contributed by atoms with Gasteiger partial charge in [-0.15, -0.1) is 0 Å². The van der Waals surface area contributed by atoms with E-state index in [0.717, 1.165) is 11.1 Å². The van der Waals surface area contributed by atoms with Crippen LogP contribution in [0.1, 0.15) is 55.7 Å². The van der Waals surface area contributed by atoms with Crippen molar-refractivity contribution in [2.24, 2.45) is 11.3 Å². The van der Waals surface area contributed by atoms with Gasteiger partial charge in [0.2, 0.25) is 17.7 Å². The second-order valence-electron chi connectivity index (χ2n) is 8.61. The molecule has 5 heteroatoms. The lowest BCUT2D eigenvalue weighted by Crippen LogP contribution is -2.48. The van der Waals surface area contributed by atoms with Gasteiger partial charge in [-0.2, -0.15) is 0 Å². The van der Waals surface area contributed by atoms with Crippen molar-refractivity contribution in [1.29, 1.82) is 0 Å². The van der Waals surface area contributed by atoms with Crippen LogP contribution in [0.3, 0.4) is 0 Å². The number of hydrogen-bond acceptors (Lipinski definition) is 3. The summed E-state index contributed by atoms with van der Waals surface area (Å²) in [6.45, 7) is 9.23. The van der Waals surface area contributed by atoms with Crippen molar-refractivity contribution in [2.45, 2.75) is 52.9 Å². The Kier molecular flexibility index (Phi) is 5.15. The molecule has 27 heavy (non-hydrogen) atoms. The first-order valence-corrected chi connectivity index (χ1v) is 9.84. The smallest absolute Gasteiger partial charge is 0.237 e. The molecule has 3 rings (SSSR count). The number of carbonyl (C=O) groups excluding carboxylic acids is 3. The number of benzene rings is 1.